The number of carbonyl (C=O) groups excluding carboxylic acids is 1. The number of fused-ring (bicyclic) bond motifs is 2. The largest absolute Gasteiger partial charge is 0.324 e. The first-order valence-corrected chi connectivity index (χ1v) is 13.9. The second kappa shape index (κ2) is 10.6. The van der Waals surface area contributed by atoms with Crippen molar-refractivity contribution >= 4 is 38.6 Å². The summed E-state index contributed by atoms with van der Waals surface area (Å²) in [5, 5.41) is 3.18. The van der Waals surface area contributed by atoms with E-state index in [1.807, 2.05) is 12.1 Å². The van der Waals surface area contributed by atoms with Gasteiger partial charge in [-0.05, 0) is 67.6 Å². The van der Waals surface area contributed by atoms with Crippen LogP contribution in [0.3, 0.4) is 0 Å². The Bertz CT molecular complexity index is 1750. The molecule has 1 aliphatic carbocycles. The normalized spacial score (nSPS) is 13.0. The summed E-state index contributed by atoms with van der Waals surface area (Å²) in [4.78, 5) is 40.1. The second-order valence-corrected chi connectivity index (χ2v) is 11.4. The SMILES string of the molecule is CCONC(=O)c1cn(-c2ccc3c(c2)CCC3)c2nc(Nc3cccc(S(=O)(=O)N(C)C)c3)ncc2c1=O. The topological polar surface area (TPSA) is 136 Å². The van der Waals surface area contributed by atoms with Crippen LogP contribution in [-0.4, -0.2) is 53.9 Å². The van der Waals surface area contributed by atoms with E-state index in [0.717, 1.165) is 29.3 Å². The predicted molar refractivity (Wildman–Crippen MR) is 147 cm³/mol. The fourth-order valence-electron chi connectivity index (χ4n) is 4.50. The van der Waals surface area contributed by atoms with Gasteiger partial charge in [0.25, 0.3) is 5.91 Å². The summed E-state index contributed by atoms with van der Waals surface area (Å²) >= 11 is 0. The molecule has 2 aromatic heterocycles. The molecule has 2 N–H and O–H groups in total. The number of benzene rings is 2. The lowest BCUT2D eigenvalue weighted by molar-refractivity contribution is 0.0363. The molecule has 0 atom stereocenters. The monoisotopic (exact) mass is 548 g/mol. The van der Waals surface area contributed by atoms with E-state index in [2.05, 4.69) is 26.8 Å². The third-order valence-electron chi connectivity index (χ3n) is 6.53. The summed E-state index contributed by atoms with van der Waals surface area (Å²) in [6.07, 6.45) is 5.85. The highest BCUT2D eigenvalue weighted by molar-refractivity contribution is 7.89. The van der Waals surface area contributed by atoms with Gasteiger partial charge in [-0.25, -0.2) is 23.2 Å². The Morgan fingerprint density at radius 1 is 1.13 bits per heavy atom. The van der Waals surface area contributed by atoms with Crippen LogP contribution in [0.15, 0.2) is 64.5 Å². The Hall–Kier alpha value is -4.13. The van der Waals surface area contributed by atoms with E-state index in [1.165, 1.54) is 49.7 Å². The minimum absolute atomic E-state index is 0.109. The molecule has 0 radical (unpaired) electrons. The van der Waals surface area contributed by atoms with Crippen molar-refractivity contribution in [3.05, 3.63) is 81.8 Å². The number of hydrogen-bond acceptors (Lipinski definition) is 8. The summed E-state index contributed by atoms with van der Waals surface area (Å²) in [6.45, 7) is 1.96. The number of anilines is 2. The molecule has 0 saturated carbocycles. The molecular weight excluding hydrogens is 520 g/mol. The molecule has 2 aromatic carbocycles. The van der Waals surface area contributed by atoms with Crippen LogP contribution in [0.4, 0.5) is 11.6 Å². The van der Waals surface area contributed by atoms with Crippen molar-refractivity contribution in [1.82, 2.24) is 24.3 Å². The molecule has 0 fully saturated rings. The zero-order valence-corrected chi connectivity index (χ0v) is 22.6. The van der Waals surface area contributed by atoms with Crippen molar-refractivity contribution in [3.63, 3.8) is 0 Å². The van der Waals surface area contributed by atoms with Gasteiger partial charge in [0, 0.05) is 37.9 Å². The van der Waals surface area contributed by atoms with Crippen LogP contribution in [0.2, 0.25) is 0 Å². The van der Waals surface area contributed by atoms with E-state index >= 15 is 0 Å². The van der Waals surface area contributed by atoms with Crippen molar-refractivity contribution in [2.75, 3.05) is 26.0 Å². The molecule has 0 spiro atoms. The number of amides is 1. The van der Waals surface area contributed by atoms with E-state index < -0.39 is 21.4 Å². The number of pyridine rings is 1. The van der Waals surface area contributed by atoms with Gasteiger partial charge in [0.2, 0.25) is 21.4 Å². The van der Waals surface area contributed by atoms with Crippen molar-refractivity contribution < 1.29 is 18.0 Å². The highest BCUT2D eigenvalue weighted by Gasteiger charge is 2.21. The fourth-order valence-corrected chi connectivity index (χ4v) is 5.45. The van der Waals surface area contributed by atoms with Crippen LogP contribution in [0.5, 0.6) is 0 Å². The third kappa shape index (κ3) is 5.13. The predicted octanol–water partition coefficient (Wildman–Crippen LogP) is 2.94. The minimum Gasteiger partial charge on any atom is -0.324 e. The standard InChI is InChI=1S/C27H28N6O5S/c1-4-38-31-26(35)23-16-33(20-12-11-17-7-5-8-18(17)13-20)25-22(24(23)34)15-28-27(30-25)29-19-9-6-10-21(14-19)39(36,37)32(2)3/h6,9-16H,4-5,7-8H2,1-3H3,(H,31,35)(H,28,29,30). The van der Waals surface area contributed by atoms with Crippen LogP contribution < -0.4 is 16.2 Å². The van der Waals surface area contributed by atoms with Gasteiger partial charge < -0.3 is 9.88 Å². The van der Waals surface area contributed by atoms with Crippen LogP contribution in [0.25, 0.3) is 16.7 Å². The number of aromatic nitrogens is 3. The van der Waals surface area contributed by atoms with E-state index in [4.69, 9.17) is 4.84 Å². The highest BCUT2D eigenvalue weighted by Crippen LogP contribution is 2.27. The summed E-state index contributed by atoms with van der Waals surface area (Å²) in [7, 11) is -0.718. The van der Waals surface area contributed by atoms with Gasteiger partial charge >= 0.3 is 0 Å². The number of hydroxylamine groups is 1. The minimum atomic E-state index is -3.64. The Morgan fingerprint density at radius 3 is 2.69 bits per heavy atom. The van der Waals surface area contributed by atoms with E-state index in [-0.39, 0.29) is 28.4 Å². The van der Waals surface area contributed by atoms with Gasteiger partial charge in [0.1, 0.15) is 5.56 Å². The number of aryl methyl sites for hydroxylation is 2. The Kier molecular flexibility index (Phi) is 7.17. The first-order valence-electron chi connectivity index (χ1n) is 12.5. The maximum atomic E-state index is 13.3. The van der Waals surface area contributed by atoms with Crippen LogP contribution in [0.1, 0.15) is 34.8 Å². The van der Waals surface area contributed by atoms with Gasteiger partial charge in [-0.15, -0.1) is 0 Å². The van der Waals surface area contributed by atoms with Gasteiger partial charge in [-0.2, -0.15) is 4.98 Å². The van der Waals surface area contributed by atoms with Gasteiger partial charge in [-0.1, -0.05) is 12.1 Å². The smallest absolute Gasteiger partial charge is 0.280 e. The molecule has 11 nitrogen and oxygen atoms in total. The van der Waals surface area contributed by atoms with Crippen molar-refractivity contribution in [3.8, 4) is 5.69 Å². The summed E-state index contributed by atoms with van der Waals surface area (Å²) in [5.74, 6) is -0.512. The Morgan fingerprint density at radius 2 is 1.92 bits per heavy atom. The summed E-state index contributed by atoms with van der Waals surface area (Å²) in [6, 6.07) is 12.3. The molecule has 1 amide bonds. The summed E-state index contributed by atoms with van der Waals surface area (Å²) < 4.78 is 28.0. The van der Waals surface area contributed by atoms with Crippen molar-refractivity contribution in [1.29, 1.82) is 0 Å². The second-order valence-electron chi connectivity index (χ2n) is 9.28. The van der Waals surface area contributed by atoms with E-state index in [0.29, 0.717) is 11.3 Å². The molecule has 0 unspecified atom stereocenters. The Balaban J connectivity index is 1.62. The number of rotatable bonds is 8. The first-order chi connectivity index (χ1) is 18.7. The number of nitrogens with one attached hydrogen (secondary N) is 2. The molecule has 0 saturated heterocycles. The number of carbonyl (C=O) groups is 1. The molecular formula is C27H28N6O5S. The molecule has 0 bridgehead atoms. The average molecular weight is 549 g/mol. The fraction of sp³-hybridized carbons (Fsp3) is 0.259. The third-order valence-corrected chi connectivity index (χ3v) is 8.34. The maximum absolute atomic E-state index is 13.3. The zero-order valence-electron chi connectivity index (χ0n) is 21.8. The lowest BCUT2D eigenvalue weighted by Crippen LogP contribution is -2.30. The molecule has 5 rings (SSSR count). The van der Waals surface area contributed by atoms with Crippen LogP contribution in [0, 0.1) is 0 Å². The quantitative estimate of drug-likeness (QED) is 0.321. The summed E-state index contributed by atoms with van der Waals surface area (Å²) in [5.41, 5.74) is 5.63. The lowest BCUT2D eigenvalue weighted by Gasteiger charge is -2.15. The van der Waals surface area contributed by atoms with Crippen LogP contribution >= 0.6 is 0 Å². The first kappa shape index (κ1) is 26.5. The lowest BCUT2D eigenvalue weighted by atomic mass is 10.1. The molecule has 39 heavy (non-hydrogen) atoms. The highest BCUT2D eigenvalue weighted by atomic mass is 32.2. The molecule has 1 aliphatic rings. The van der Waals surface area contributed by atoms with E-state index in [9.17, 15) is 18.0 Å². The average Bonchev–Trinajstić information content (AvgIpc) is 3.40. The molecule has 202 valence electrons. The van der Waals surface area contributed by atoms with Gasteiger partial charge in [-0.3, -0.25) is 14.4 Å². The number of hydrogen-bond donors (Lipinski definition) is 2. The zero-order chi connectivity index (χ0) is 27.7. The van der Waals surface area contributed by atoms with Gasteiger partial charge in [0.15, 0.2) is 5.65 Å². The maximum Gasteiger partial charge on any atom is 0.280 e. The van der Waals surface area contributed by atoms with Crippen LogP contribution in [-0.2, 0) is 27.7 Å². The van der Waals surface area contributed by atoms with Crippen molar-refractivity contribution in [2.45, 2.75) is 31.1 Å². The Labute approximate surface area is 225 Å². The van der Waals surface area contributed by atoms with Gasteiger partial charge in [0.05, 0.1) is 16.9 Å². The molecule has 0 aliphatic heterocycles. The van der Waals surface area contributed by atoms with E-state index in [1.54, 1.807) is 23.6 Å². The number of sulfonamides is 1. The number of nitrogens with zero attached hydrogens (tertiary/aromatic N) is 4. The molecule has 2 heterocycles. The molecule has 12 heteroatoms. The van der Waals surface area contributed by atoms with Crippen molar-refractivity contribution in [2.24, 2.45) is 0 Å². The molecule has 4 aromatic rings.